The molecule has 0 amide bonds. The van der Waals surface area contributed by atoms with Crippen molar-refractivity contribution in [3.05, 3.63) is 52.2 Å². The first-order valence-corrected chi connectivity index (χ1v) is 10.1. The summed E-state index contributed by atoms with van der Waals surface area (Å²) >= 11 is 1.84. The first kappa shape index (κ1) is 18.7. The Morgan fingerprint density at radius 1 is 1.15 bits per heavy atom. The summed E-state index contributed by atoms with van der Waals surface area (Å²) in [7, 11) is 1.86. The van der Waals surface area contributed by atoms with Gasteiger partial charge in [-0.05, 0) is 42.0 Å². The number of aryl methyl sites for hydroxylation is 1. The van der Waals surface area contributed by atoms with Crippen LogP contribution < -0.4 is 5.32 Å². The second-order valence-corrected chi connectivity index (χ2v) is 7.62. The van der Waals surface area contributed by atoms with Crippen LogP contribution in [0.4, 0.5) is 0 Å². The van der Waals surface area contributed by atoms with Crippen molar-refractivity contribution >= 4 is 17.3 Å². The summed E-state index contributed by atoms with van der Waals surface area (Å²) in [6, 6.07) is 11.8. The predicted molar refractivity (Wildman–Crippen MR) is 109 cm³/mol. The van der Waals surface area contributed by atoms with Crippen LogP contribution in [0.3, 0.4) is 0 Å². The molecule has 0 spiro atoms. The molecule has 1 fully saturated rings. The first-order chi connectivity index (χ1) is 12.7. The fourth-order valence-corrected chi connectivity index (χ4v) is 3.97. The number of hydrogen-bond donors (Lipinski definition) is 2. The SMILES string of the molecule is CN=C(NCCCc1ccc(O)cc1)N1CCN(Cc2cccs2)CC1. The van der Waals surface area contributed by atoms with Gasteiger partial charge in [0.15, 0.2) is 5.96 Å². The van der Waals surface area contributed by atoms with E-state index in [-0.39, 0.29) is 0 Å². The molecule has 0 bridgehead atoms. The Kier molecular flexibility index (Phi) is 6.91. The molecule has 6 heteroatoms. The third-order valence-electron chi connectivity index (χ3n) is 4.70. The van der Waals surface area contributed by atoms with E-state index in [1.165, 1.54) is 10.4 Å². The Labute approximate surface area is 160 Å². The number of aromatic hydroxyl groups is 1. The van der Waals surface area contributed by atoms with Gasteiger partial charge in [-0.25, -0.2) is 0 Å². The summed E-state index contributed by atoms with van der Waals surface area (Å²) < 4.78 is 0. The number of aliphatic imine (C=N–C) groups is 1. The number of piperazine rings is 1. The summed E-state index contributed by atoms with van der Waals surface area (Å²) in [5.74, 6) is 1.33. The number of phenolic OH excluding ortho intramolecular Hbond substituents is 1. The highest BCUT2D eigenvalue weighted by Crippen LogP contribution is 2.14. The number of hydrogen-bond acceptors (Lipinski definition) is 4. The fourth-order valence-electron chi connectivity index (χ4n) is 3.23. The maximum absolute atomic E-state index is 9.33. The van der Waals surface area contributed by atoms with Gasteiger partial charge < -0.3 is 15.3 Å². The summed E-state index contributed by atoms with van der Waals surface area (Å²) in [4.78, 5) is 10.8. The molecule has 0 radical (unpaired) electrons. The lowest BCUT2D eigenvalue weighted by Gasteiger charge is -2.36. The van der Waals surface area contributed by atoms with Gasteiger partial charge in [-0.2, -0.15) is 0 Å². The van der Waals surface area contributed by atoms with Crippen LogP contribution >= 0.6 is 11.3 Å². The van der Waals surface area contributed by atoms with Gasteiger partial charge in [-0.3, -0.25) is 9.89 Å². The van der Waals surface area contributed by atoms with Gasteiger partial charge >= 0.3 is 0 Å². The summed E-state index contributed by atoms with van der Waals surface area (Å²) in [5, 5.41) is 15.0. The molecule has 2 N–H and O–H groups in total. The minimum Gasteiger partial charge on any atom is -0.508 e. The second-order valence-electron chi connectivity index (χ2n) is 6.59. The third kappa shape index (κ3) is 5.47. The lowest BCUT2D eigenvalue weighted by Crippen LogP contribution is -2.52. The van der Waals surface area contributed by atoms with E-state index in [4.69, 9.17) is 0 Å². The molecular weight excluding hydrogens is 344 g/mol. The maximum Gasteiger partial charge on any atom is 0.193 e. The highest BCUT2D eigenvalue weighted by molar-refractivity contribution is 7.09. The lowest BCUT2D eigenvalue weighted by molar-refractivity contribution is 0.174. The third-order valence-corrected chi connectivity index (χ3v) is 5.57. The van der Waals surface area contributed by atoms with Crippen LogP contribution in [0.15, 0.2) is 46.8 Å². The molecule has 2 aromatic rings. The minimum absolute atomic E-state index is 0.325. The zero-order valence-corrected chi connectivity index (χ0v) is 16.2. The molecule has 1 aromatic heterocycles. The Morgan fingerprint density at radius 3 is 2.58 bits per heavy atom. The van der Waals surface area contributed by atoms with Gasteiger partial charge in [0.1, 0.15) is 5.75 Å². The first-order valence-electron chi connectivity index (χ1n) is 9.23. The van der Waals surface area contributed by atoms with Crippen LogP contribution in [0.2, 0.25) is 0 Å². The van der Waals surface area contributed by atoms with Crippen molar-refractivity contribution in [2.75, 3.05) is 39.8 Å². The molecular formula is C20H28N4OS. The zero-order valence-electron chi connectivity index (χ0n) is 15.4. The molecule has 0 atom stereocenters. The average Bonchev–Trinajstić information content (AvgIpc) is 3.17. The second kappa shape index (κ2) is 9.59. The van der Waals surface area contributed by atoms with E-state index in [0.717, 1.165) is 58.1 Å². The zero-order chi connectivity index (χ0) is 18.2. The molecule has 1 aliphatic rings. The molecule has 0 aliphatic carbocycles. The van der Waals surface area contributed by atoms with Gasteiger partial charge in [0.2, 0.25) is 0 Å². The van der Waals surface area contributed by atoms with Crippen LogP contribution in [0, 0.1) is 0 Å². The van der Waals surface area contributed by atoms with E-state index in [1.807, 2.05) is 30.5 Å². The van der Waals surface area contributed by atoms with Gasteiger partial charge in [0.25, 0.3) is 0 Å². The van der Waals surface area contributed by atoms with Crippen molar-refractivity contribution in [3.8, 4) is 5.75 Å². The van der Waals surface area contributed by atoms with E-state index in [0.29, 0.717) is 5.75 Å². The van der Waals surface area contributed by atoms with Crippen LogP contribution in [-0.4, -0.2) is 60.6 Å². The number of phenols is 1. The van der Waals surface area contributed by atoms with Crippen LogP contribution in [0.1, 0.15) is 16.9 Å². The van der Waals surface area contributed by atoms with Crippen molar-refractivity contribution in [1.29, 1.82) is 0 Å². The molecule has 26 heavy (non-hydrogen) atoms. The Morgan fingerprint density at radius 2 is 1.92 bits per heavy atom. The number of nitrogens with zero attached hydrogens (tertiary/aromatic N) is 3. The van der Waals surface area contributed by atoms with E-state index < -0.39 is 0 Å². The van der Waals surface area contributed by atoms with Gasteiger partial charge in [-0.1, -0.05) is 18.2 Å². The summed E-state index contributed by atoms with van der Waals surface area (Å²) in [5.41, 5.74) is 1.25. The highest BCUT2D eigenvalue weighted by atomic mass is 32.1. The van der Waals surface area contributed by atoms with Crippen molar-refractivity contribution in [1.82, 2.24) is 15.1 Å². The van der Waals surface area contributed by atoms with Crippen LogP contribution in [0.5, 0.6) is 5.75 Å². The van der Waals surface area contributed by atoms with E-state index >= 15 is 0 Å². The summed E-state index contributed by atoms with van der Waals surface area (Å²) in [6.45, 7) is 6.15. The van der Waals surface area contributed by atoms with E-state index in [2.05, 4.69) is 37.6 Å². The Hall–Kier alpha value is -2.05. The minimum atomic E-state index is 0.325. The van der Waals surface area contributed by atoms with Crippen molar-refractivity contribution in [3.63, 3.8) is 0 Å². The standard InChI is InChI=1S/C20H28N4OS/c1-21-20(22-10-2-4-17-6-8-18(25)9-7-17)24-13-11-23(12-14-24)16-19-5-3-15-26-19/h3,5-9,15,25H,2,4,10-14,16H2,1H3,(H,21,22). The average molecular weight is 373 g/mol. The smallest absolute Gasteiger partial charge is 0.193 e. The molecule has 1 aliphatic heterocycles. The molecule has 0 unspecified atom stereocenters. The molecule has 5 nitrogen and oxygen atoms in total. The van der Waals surface area contributed by atoms with Crippen LogP contribution in [0.25, 0.3) is 0 Å². The van der Waals surface area contributed by atoms with Gasteiger partial charge in [0.05, 0.1) is 0 Å². The Balaban J connectivity index is 1.37. The van der Waals surface area contributed by atoms with E-state index in [9.17, 15) is 5.11 Å². The van der Waals surface area contributed by atoms with E-state index in [1.54, 1.807) is 12.1 Å². The topological polar surface area (TPSA) is 51.1 Å². The molecule has 3 rings (SSSR count). The maximum atomic E-state index is 9.33. The van der Waals surface area contributed by atoms with Gasteiger partial charge in [0, 0.05) is 51.2 Å². The number of thiophene rings is 1. The number of rotatable bonds is 6. The van der Waals surface area contributed by atoms with Crippen molar-refractivity contribution in [2.45, 2.75) is 19.4 Å². The molecule has 140 valence electrons. The van der Waals surface area contributed by atoms with Crippen molar-refractivity contribution < 1.29 is 5.11 Å². The summed E-state index contributed by atoms with van der Waals surface area (Å²) in [6.07, 6.45) is 2.04. The quantitative estimate of drug-likeness (QED) is 0.465. The molecule has 2 heterocycles. The monoisotopic (exact) mass is 372 g/mol. The lowest BCUT2D eigenvalue weighted by atomic mass is 10.1. The normalized spacial score (nSPS) is 16.0. The highest BCUT2D eigenvalue weighted by Gasteiger charge is 2.19. The number of nitrogens with one attached hydrogen (secondary N) is 1. The van der Waals surface area contributed by atoms with Crippen LogP contribution in [-0.2, 0) is 13.0 Å². The van der Waals surface area contributed by atoms with Crippen molar-refractivity contribution in [2.24, 2.45) is 4.99 Å². The Bertz CT molecular complexity index is 676. The molecule has 1 aromatic carbocycles. The van der Waals surface area contributed by atoms with Gasteiger partial charge in [-0.15, -0.1) is 11.3 Å². The molecule has 1 saturated heterocycles. The largest absolute Gasteiger partial charge is 0.508 e. The number of benzene rings is 1. The number of guanidine groups is 1. The fraction of sp³-hybridized carbons (Fsp3) is 0.450. The molecule has 0 saturated carbocycles. The predicted octanol–water partition coefficient (Wildman–Crippen LogP) is 2.78.